The van der Waals surface area contributed by atoms with Crippen LogP contribution in [0.15, 0.2) is 18.2 Å². The molecular weight excluding hydrogens is 198 g/mol. The van der Waals surface area contributed by atoms with Gasteiger partial charge in [0.25, 0.3) is 0 Å². The van der Waals surface area contributed by atoms with E-state index in [1.54, 1.807) is 7.11 Å². The van der Waals surface area contributed by atoms with E-state index in [0.29, 0.717) is 0 Å². The lowest BCUT2D eigenvalue weighted by Crippen LogP contribution is -2.23. The Kier molecular flexibility index (Phi) is 3.04. The summed E-state index contributed by atoms with van der Waals surface area (Å²) >= 11 is 0. The van der Waals surface area contributed by atoms with Gasteiger partial charge in [0, 0.05) is 18.6 Å². The Hall–Kier alpha value is -0.860. The number of nitrogens with two attached hydrogens (primary N) is 1. The summed E-state index contributed by atoms with van der Waals surface area (Å²) in [6, 6.07) is 6.94. The quantitative estimate of drug-likeness (QED) is 0.848. The maximum atomic E-state index is 6.04. The molecule has 0 amide bonds. The molecule has 1 aromatic rings. The van der Waals surface area contributed by atoms with Gasteiger partial charge in [-0.25, -0.2) is 0 Å². The monoisotopic (exact) mass is 219 g/mol. The number of hydrogen-bond acceptors (Lipinski definition) is 2. The van der Waals surface area contributed by atoms with Crippen molar-refractivity contribution in [3.63, 3.8) is 0 Å². The van der Waals surface area contributed by atoms with Gasteiger partial charge in [0.15, 0.2) is 0 Å². The van der Waals surface area contributed by atoms with Crippen molar-refractivity contribution in [3.05, 3.63) is 34.9 Å². The lowest BCUT2D eigenvalue weighted by molar-refractivity contribution is 0.146. The van der Waals surface area contributed by atoms with Crippen molar-refractivity contribution in [2.45, 2.75) is 38.1 Å². The van der Waals surface area contributed by atoms with E-state index in [2.05, 4.69) is 32.0 Å². The van der Waals surface area contributed by atoms with Gasteiger partial charge in [-0.2, -0.15) is 0 Å². The summed E-state index contributed by atoms with van der Waals surface area (Å²) in [6.45, 7) is 5.18. The number of hydrogen-bond donors (Lipinski definition) is 1. The normalized spacial score (nSPS) is 19.9. The fourth-order valence-electron chi connectivity index (χ4n) is 2.52. The Morgan fingerprint density at radius 1 is 1.44 bits per heavy atom. The predicted molar refractivity (Wildman–Crippen MR) is 66.6 cm³/mol. The smallest absolute Gasteiger partial charge is 0.0553 e. The zero-order valence-corrected chi connectivity index (χ0v) is 10.4. The van der Waals surface area contributed by atoms with E-state index in [1.165, 1.54) is 16.7 Å². The van der Waals surface area contributed by atoms with Crippen LogP contribution in [0.1, 0.15) is 43.0 Å². The average molecular weight is 219 g/mol. The van der Waals surface area contributed by atoms with Crippen LogP contribution >= 0.6 is 0 Å². The third kappa shape index (κ3) is 2.00. The highest BCUT2D eigenvalue weighted by Gasteiger charge is 2.24. The van der Waals surface area contributed by atoms with Crippen molar-refractivity contribution in [1.29, 1.82) is 0 Å². The molecule has 0 unspecified atom stereocenters. The van der Waals surface area contributed by atoms with Crippen molar-refractivity contribution in [2.75, 3.05) is 13.7 Å². The van der Waals surface area contributed by atoms with Crippen LogP contribution in [0.3, 0.4) is 0 Å². The number of rotatable bonds is 3. The van der Waals surface area contributed by atoms with Crippen LogP contribution in [0.5, 0.6) is 0 Å². The molecule has 0 bridgehead atoms. The highest BCUT2D eigenvalue weighted by molar-refractivity contribution is 5.40. The summed E-state index contributed by atoms with van der Waals surface area (Å²) in [5, 5.41) is 0. The van der Waals surface area contributed by atoms with E-state index < -0.39 is 0 Å². The summed E-state index contributed by atoms with van der Waals surface area (Å²) in [5.74, 6) is 0. The van der Waals surface area contributed by atoms with Crippen LogP contribution in [0.25, 0.3) is 0 Å². The second kappa shape index (κ2) is 4.19. The first-order valence-electron chi connectivity index (χ1n) is 5.92. The first-order chi connectivity index (χ1) is 7.54. The molecule has 1 atom stereocenters. The molecular formula is C14H21NO. The van der Waals surface area contributed by atoms with Crippen LogP contribution in [0, 0.1) is 0 Å². The maximum absolute atomic E-state index is 6.04. The fraction of sp³-hybridized carbons (Fsp3) is 0.571. The number of methoxy groups -OCH3 is 1. The summed E-state index contributed by atoms with van der Waals surface area (Å²) in [7, 11) is 1.75. The van der Waals surface area contributed by atoms with E-state index in [0.717, 1.165) is 19.4 Å². The van der Waals surface area contributed by atoms with Gasteiger partial charge in [0.05, 0.1) is 6.61 Å². The van der Waals surface area contributed by atoms with E-state index in [4.69, 9.17) is 10.5 Å². The molecule has 2 heteroatoms. The summed E-state index contributed by atoms with van der Waals surface area (Å²) in [5.41, 5.74) is 10.2. The highest BCUT2D eigenvalue weighted by Crippen LogP contribution is 2.33. The first kappa shape index (κ1) is 11.6. The van der Waals surface area contributed by atoms with E-state index in [1.807, 2.05) is 0 Å². The highest BCUT2D eigenvalue weighted by atomic mass is 16.5. The minimum absolute atomic E-state index is 0.0798. The van der Waals surface area contributed by atoms with E-state index in [9.17, 15) is 0 Å². The van der Waals surface area contributed by atoms with Crippen molar-refractivity contribution >= 4 is 0 Å². The third-order valence-electron chi connectivity index (χ3n) is 3.55. The zero-order chi connectivity index (χ0) is 11.8. The fourth-order valence-corrected chi connectivity index (χ4v) is 2.52. The Bertz CT molecular complexity index is 384. The molecule has 0 saturated carbocycles. The summed E-state index contributed by atoms with van der Waals surface area (Å²) in [4.78, 5) is 0. The molecule has 1 aromatic carbocycles. The predicted octanol–water partition coefficient (Wildman–Crippen LogP) is 2.56. The molecule has 0 saturated heterocycles. The van der Waals surface area contributed by atoms with Gasteiger partial charge in [0.2, 0.25) is 0 Å². The molecule has 0 fully saturated rings. The molecule has 1 aliphatic carbocycles. The lowest BCUT2D eigenvalue weighted by Gasteiger charge is -2.25. The molecule has 2 N–H and O–H groups in total. The lowest BCUT2D eigenvalue weighted by atomic mass is 9.84. The van der Waals surface area contributed by atoms with Crippen LogP contribution in [0.4, 0.5) is 0 Å². The van der Waals surface area contributed by atoms with Crippen LogP contribution < -0.4 is 5.73 Å². The topological polar surface area (TPSA) is 35.2 Å². The molecule has 88 valence electrons. The van der Waals surface area contributed by atoms with Gasteiger partial charge in [0.1, 0.15) is 0 Å². The van der Waals surface area contributed by atoms with Gasteiger partial charge in [-0.15, -0.1) is 0 Å². The molecule has 0 radical (unpaired) electrons. The number of fused-ring (bicyclic) bond motifs is 1. The van der Waals surface area contributed by atoms with E-state index >= 15 is 0 Å². The van der Waals surface area contributed by atoms with Crippen molar-refractivity contribution in [2.24, 2.45) is 5.73 Å². The number of benzene rings is 1. The van der Waals surface area contributed by atoms with Gasteiger partial charge in [-0.05, 0) is 29.5 Å². The second-order valence-corrected chi connectivity index (χ2v) is 5.38. The molecule has 1 aliphatic rings. The van der Waals surface area contributed by atoms with Gasteiger partial charge >= 0.3 is 0 Å². The third-order valence-corrected chi connectivity index (χ3v) is 3.55. The van der Waals surface area contributed by atoms with Crippen LogP contribution in [-0.2, 0) is 16.6 Å². The molecule has 0 spiro atoms. The van der Waals surface area contributed by atoms with Gasteiger partial charge in [-0.3, -0.25) is 0 Å². The Balaban J connectivity index is 2.32. The second-order valence-electron chi connectivity index (χ2n) is 5.38. The minimum atomic E-state index is 0.0798. The molecule has 0 aromatic heterocycles. The van der Waals surface area contributed by atoms with Crippen LogP contribution in [0.2, 0.25) is 0 Å². The Morgan fingerprint density at radius 2 is 2.19 bits per heavy atom. The van der Waals surface area contributed by atoms with Gasteiger partial charge < -0.3 is 10.5 Å². The van der Waals surface area contributed by atoms with Gasteiger partial charge in [-0.1, -0.05) is 32.0 Å². The minimum Gasteiger partial charge on any atom is -0.384 e. The average Bonchev–Trinajstić information content (AvgIpc) is 2.60. The Labute approximate surface area is 97.8 Å². The van der Waals surface area contributed by atoms with Crippen molar-refractivity contribution in [3.8, 4) is 0 Å². The number of ether oxygens (including phenoxy) is 1. The SMILES string of the molecule is COCC(C)(C)c1ccc2c(c1)CC[C@@H]2N. The molecule has 0 aliphatic heterocycles. The van der Waals surface area contributed by atoms with Crippen LogP contribution in [-0.4, -0.2) is 13.7 Å². The van der Waals surface area contributed by atoms with Crippen molar-refractivity contribution in [1.82, 2.24) is 0 Å². The maximum Gasteiger partial charge on any atom is 0.0553 e. The summed E-state index contributed by atoms with van der Waals surface area (Å²) < 4.78 is 5.28. The largest absolute Gasteiger partial charge is 0.384 e. The molecule has 2 rings (SSSR count). The Morgan fingerprint density at radius 3 is 2.88 bits per heavy atom. The molecule has 16 heavy (non-hydrogen) atoms. The van der Waals surface area contributed by atoms with E-state index in [-0.39, 0.29) is 11.5 Å². The number of aryl methyl sites for hydroxylation is 1. The zero-order valence-electron chi connectivity index (χ0n) is 10.4. The van der Waals surface area contributed by atoms with Crippen molar-refractivity contribution < 1.29 is 4.74 Å². The molecule has 2 nitrogen and oxygen atoms in total. The first-order valence-corrected chi connectivity index (χ1v) is 5.92. The summed E-state index contributed by atoms with van der Waals surface area (Å²) in [6.07, 6.45) is 2.21. The standard InChI is InChI=1S/C14H21NO/c1-14(2,9-16-3)11-5-6-12-10(8-11)4-7-13(12)15/h5-6,8,13H,4,7,9,15H2,1-3H3/t13-/m0/s1. The molecule has 0 heterocycles.